The van der Waals surface area contributed by atoms with E-state index < -0.39 is 24.7 Å². The van der Waals surface area contributed by atoms with Gasteiger partial charge in [-0.05, 0) is 24.1 Å². The lowest BCUT2D eigenvalue weighted by Crippen LogP contribution is -2.44. The highest BCUT2D eigenvalue weighted by molar-refractivity contribution is 5.76. The van der Waals surface area contributed by atoms with Crippen molar-refractivity contribution in [2.45, 2.75) is 18.6 Å². The number of benzene rings is 1. The first-order chi connectivity index (χ1) is 9.35. The third-order valence-corrected chi connectivity index (χ3v) is 2.69. The van der Waals surface area contributed by atoms with Gasteiger partial charge in [-0.25, -0.2) is 0 Å². The molecule has 2 N–H and O–H groups in total. The van der Waals surface area contributed by atoms with E-state index in [1.54, 1.807) is 25.2 Å². The second-order valence-corrected chi connectivity index (χ2v) is 4.23. The summed E-state index contributed by atoms with van der Waals surface area (Å²) in [5.41, 5.74) is 1.56. The SMILES string of the molecule is CNc1cccc(CC(NCC(F)(F)F)C(=O)OC)c1. The predicted octanol–water partition coefficient (Wildman–Crippen LogP) is 1.96. The second kappa shape index (κ2) is 7.14. The minimum absolute atomic E-state index is 0.123. The summed E-state index contributed by atoms with van der Waals surface area (Å²) in [4.78, 5) is 11.5. The van der Waals surface area contributed by atoms with Crippen molar-refractivity contribution >= 4 is 11.7 Å². The summed E-state index contributed by atoms with van der Waals surface area (Å²) in [5, 5.41) is 5.10. The number of carbonyl (C=O) groups is 1. The van der Waals surface area contributed by atoms with Crippen LogP contribution in [0.25, 0.3) is 0 Å². The van der Waals surface area contributed by atoms with Crippen LogP contribution in [0.15, 0.2) is 24.3 Å². The van der Waals surface area contributed by atoms with Gasteiger partial charge in [0.25, 0.3) is 0 Å². The maximum Gasteiger partial charge on any atom is 0.401 e. The van der Waals surface area contributed by atoms with Crippen LogP contribution in [0.2, 0.25) is 0 Å². The molecule has 0 aliphatic rings. The van der Waals surface area contributed by atoms with Crippen LogP contribution in [0.5, 0.6) is 0 Å². The number of carbonyl (C=O) groups excluding carboxylic acids is 1. The molecule has 0 aliphatic heterocycles. The number of hydrogen-bond acceptors (Lipinski definition) is 4. The van der Waals surface area contributed by atoms with E-state index in [9.17, 15) is 18.0 Å². The lowest BCUT2D eigenvalue weighted by atomic mass is 10.1. The van der Waals surface area contributed by atoms with Crippen LogP contribution in [0.3, 0.4) is 0 Å². The number of hydrogen-bond donors (Lipinski definition) is 2. The van der Waals surface area contributed by atoms with E-state index >= 15 is 0 Å². The quantitative estimate of drug-likeness (QED) is 0.786. The van der Waals surface area contributed by atoms with E-state index in [-0.39, 0.29) is 6.42 Å². The molecule has 0 bridgehead atoms. The third-order valence-electron chi connectivity index (χ3n) is 2.69. The Kier molecular flexibility index (Phi) is 5.82. The van der Waals surface area contributed by atoms with Crippen LogP contribution in [0, 0.1) is 0 Å². The van der Waals surface area contributed by atoms with Gasteiger partial charge in [0.05, 0.1) is 13.7 Å². The van der Waals surface area contributed by atoms with Gasteiger partial charge in [0, 0.05) is 12.7 Å². The maximum atomic E-state index is 12.2. The zero-order valence-corrected chi connectivity index (χ0v) is 11.3. The molecule has 0 heterocycles. The number of halogens is 3. The fourth-order valence-electron chi connectivity index (χ4n) is 1.71. The minimum Gasteiger partial charge on any atom is -0.468 e. The second-order valence-electron chi connectivity index (χ2n) is 4.23. The van der Waals surface area contributed by atoms with Crippen LogP contribution >= 0.6 is 0 Å². The molecule has 1 rings (SSSR count). The molecule has 4 nitrogen and oxygen atoms in total. The number of nitrogens with one attached hydrogen (secondary N) is 2. The number of esters is 1. The van der Waals surface area contributed by atoms with Crippen LogP contribution in [0.4, 0.5) is 18.9 Å². The van der Waals surface area contributed by atoms with Crippen molar-refractivity contribution in [3.8, 4) is 0 Å². The molecule has 1 aromatic rings. The summed E-state index contributed by atoms with van der Waals surface area (Å²) in [6, 6.07) is 6.06. The number of ether oxygens (including phenoxy) is 1. The van der Waals surface area contributed by atoms with Crippen molar-refractivity contribution in [2.75, 3.05) is 26.0 Å². The molecule has 0 aliphatic carbocycles. The summed E-state index contributed by atoms with van der Waals surface area (Å²) < 4.78 is 41.2. The lowest BCUT2D eigenvalue weighted by Gasteiger charge is -2.18. The Bertz CT molecular complexity index is 449. The molecule has 20 heavy (non-hydrogen) atoms. The molecule has 0 saturated carbocycles. The van der Waals surface area contributed by atoms with Gasteiger partial charge in [0.15, 0.2) is 0 Å². The van der Waals surface area contributed by atoms with E-state index in [2.05, 4.69) is 15.4 Å². The molecule has 0 aromatic heterocycles. The van der Waals surface area contributed by atoms with Crippen molar-refractivity contribution in [3.63, 3.8) is 0 Å². The van der Waals surface area contributed by atoms with Crippen molar-refractivity contribution in [3.05, 3.63) is 29.8 Å². The minimum atomic E-state index is -4.38. The van der Waals surface area contributed by atoms with Crippen molar-refractivity contribution in [1.82, 2.24) is 5.32 Å². The Hall–Kier alpha value is -1.76. The number of rotatable bonds is 6. The number of methoxy groups -OCH3 is 1. The van der Waals surface area contributed by atoms with Gasteiger partial charge in [-0.15, -0.1) is 0 Å². The van der Waals surface area contributed by atoms with Crippen LogP contribution < -0.4 is 10.6 Å². The molecule has 112 valence electrons. The third kappa shape index (κ3) is 5.48. The first kappa shape index (κ1) is 16.3. The monoisotopic (exact) mass is 290 g/mol. The van der Waals surface area contributed by atoms with Crippen LogP contribution in [-0.2, 0) is 16.0 Å². The van der Waals surface area contributed by atoms with Gasteiger partial charge in [-0.1, -0.05) is 12.1 Å². The Balaban J connectivity index is 2.75. The summed E-state index contributed by atoms with van der Waals surface area (Å²) >= 11 is 0. The number of anilines is 1. The first-order valence-corrected chi connectivity index (χ1v) is 6.00. The Labute approximate surface area is 115 Å². The highest BCUT2D eigenvalue weighted by Crippen LogP contribution is 2.15. The van der Waals surface area contributed by atoms with E-state index in [0.29, 0.717) is 0 Å². The average Bonchev–Trinajstić information content (AvgIpc) is 2.41. The number of alkyl halides is 3. The zero-order valence-electron chi connectivity index (χ0n) is 11.3. The van der Waals surface area contributed by atoms with Gasteiger partial charge in [-0.2, -0.15) is 13.2 Å². The topological polar surface area (TPSA) is 50.4 Å². The molecule has 0 spiro atoms. The fourth-order valence-corrected chi connectivity index (χ4v) is 1.71. The van der Waals surface area contributed by atoms with Crippen LogP contribution in [0.1, 0.15) is 5.56 Å². The molecule has 1 atom stereocenters. The Morgan fingerprint density at radius 2 is 2.10 bits per heavy atom. The van der Waals surface area contributed by atoms with Gasteiger partial charge >= 0.3 is 12.1 Å². The summed E-state index contributed by atoms with van der Waals surface area (Å²) in [7, 11) is 2.88. The standard InChI is InChI=1S/C13H17F3N2O2/c1-17-10-5-3-4-9(6-10)7-11(12(19)20-2)18-8-13(14,15)16/h3-6,11,17-18H,7-8H2,1-2H3. The van der Waals surface area contributed by atoms with Crippen molar-refractivity contribution in [1.29, 1.82) is 0 Å². The molecule has 0 fully saturated rings. The van der Waals surface area contributed by atoms with E-state index in [0.717, 1.165) is 18.4 Å². The summed E-state index contributed by atoms with van der Waals surface area (Å²) in [5.74, 6) is -0.718. The zero-order chi connectivity index (χ0) is 15.2. The maximum absolute atomic E-state index is 12.2. The van der Waals surface area contributed by atoms with E-state index in [4.69, 9.17) is 0 Å². The molecule has 0 amide bonds. The molecular weight excluding hydrogens is 273 g/mol. The molecule has 7 heteroatoms. The lowest BCUT2D eigenvalue weighted by molar-refractivity contribution is -0.146. The van der Waals surface area contributed by atoms with Gasteiger partial charge in [0.2, 0.25) is 0 Å². The molecular formula is C13H17F3N2O2. The average molecular weight is 290 g/mol. The summed E-state index contributed by atoms with van der Waals surface area (Å²) in [6.07, 6.45) is -4.25. The smallest absolute Gasteiger partial charge is 0.401 e. The summed E-state index contributed by atoms with van der Waals surface area (Å²) in [6.45, 7) is -1.24. The normalized spacial score (nSPS) is 12.8. The largest absolute Gasteiger partial charge is 0.468 e. The van der Waals surface area contributed by atoms with Gasteiger partial charge in [0.1, 0.15) is 6.04 Å². The predicted molar refractivity (Wildman–Crippen MR) is 69.6 cm³/mol. The Morgan fingerprint density at radius 3 is 2.65 bits per heavy atom. The highest BCUT2D eigenvalue weighted by Gasteiger charge is 2.30. The van der Waals surface area contributed by atoms with Crippen LogP contribution in [-0.4, -0.2) is 38.9 Å². The molecule has 0 radical (unpaired) electrons. The van der Waals surface area contributed by atoms with E-state index in [1.165, 1.54) is 0 Å². The van der Waals surface area contributed by atoms with Crippen molar-refractivity contribution < 1.29 is 22.7 Å². The molecule has 0 saturated heterocycles. The highest BCUT2D eigenvalue weighted by atomic mass is 19.4. The molecule has 1 aromatic carbocycles. The Morgan fingerprint density at radius 1 is 1.40 bits per heavy atom. The van der Waals surface area contributed by atoms with E-state index in [1.807, 2.05) is 6.07 Å². The first-order valence-electron chi connectivity index (χ1n) is 6.00. The van der Waals surface area contributed by atoms with Gasteiger partial charge < -0.3 is 10.1 Å². The molecule has 1 unspecified atom stereocenters. The fraction of sp³-hybridized carbons (Fsp3) is 0.462. The van der Waals surface area contributed by atoms with Gasteiger partial charge in [-0.3, -0.25) is 10.1 Å². The van der Waals surface area contributed by atoms with Crippen molar-refractivity contribution in [2.24, 2.45) is 0 Å².